The summed E-state index contributed by atoms with van der Waals surface area (Å²) in [4.78, 5) is 0. The quantitative estimate of drug-likeness (QED) is 0.821. The second-order valence-electron chi connectivity index (χ2n) is 3.85. The van der Waals surface area contributed by atoms with Gasteiger partial charge in [-0.25, -0.2) is 4.39 Å². The third-order valence-corrected chi connectivity index (χ3v) is 2.93. The highest BCUT2D eigenvalue weighted by atomic mass is 35.5. The average Bonchev–Trinajstić information content (AvgIpc) is 2.20. The number of rotatable bonds is 3. The molecule has 0 spiro atoms. The van der Waals surface area contributed by atoms with E-state index in [1.54, 1.807) is 6.92 Å². The highest BCUT2D eigenvalue weighted by molar-refractivity contribution is 6.32. The van der Waals surface area contributed by atoms with E-state index in [0.717, 1.165) is 6.07 Å². The first-order valence-corrected chi connectivity index (χ1v) is 5.37. The van der Waals surface area contributed by atoms with Gasteiger partial charge in [-0.15, -0.1) is 0 Å². The molecule has 0 radical (unpaired) electrons. The van der Waals surface area contributed by atoms with Crippen molar-refractivity contribution in [2.45, 2.75) is 32.0 Å². The van der Waals surface area contributed by atoms with Crippen molar-refractivity contribution in [3.05, 3.63) is 34.1 Å². The van der Waals surface area contributed by atoms with Crippen LogP contribution >= 0.6 is 11.6 Å². The summed E-state index contributed by atoms with van der Waals surface area (Å²) in [5, 5.41) is 0.0969. The summed E-state index contributed by atoms with van der Waals surface area (Å²) in [6.45, 7) is 1.64. The zero-order valence-corrected chi connectivity index (χ0v) is 9.87. The molecule has 0 bridgehead atoms. The largest absolute Gasteiger partial charge is 0.389 e. The number of nitrogens with two attached hydrogens (primary N) is 1. The predicted octanol–water partition coefficient (Wildman–Crippen LogP) is 4.13. The van der Waals surface area contributed by atoms with Gasteiger partial charge in [-0.2, -0.15) is 13.2 Å². The average molecular weight is 270 g/mol. The van der Waals surface area contributed by atoms with Gasteiger partial charge < -0.3 is 5.73 Å². The van der Waals surface area contributed by atoms with Crippen LogP contribution in [0.25, 0.3) is 0 Å². The Morgan fingerprint density at radius 2 is 1.94 bits per heavy atom. The van der Waals surface area contributed by atoms with Gasteiger partial charge in [0.1, 0.15) is 5.82 Å². The van der Waals surface area contributed by atoms with Crippen LogP contribution in [0, 0.1) is 12.7 Å². The highest BCUT2D eigenvalue weighted by Crippen LogP contribution is 2.32. The molecule has 1 aromatic rings. The summed E-state index contributed by atoms with van der Waals surface area (Å²) in [5.41, 5.74) is 6.09. The van der Waals surface area contributed by atoms with Gasteiger partial charge in [-0.05, 0) is 25.0 Å². The second-order valence-corrected chi connectivity index (χ2v) is 4.23. The first kappa shape index (κ1) is 14.3. The van der Waals surface area contributed by atoms with Gasteiger partial charge in [0.15, 0.2) is 0 Å². The van der Waals surface area contributed by atoms with Gasteiger partial charge in [-0.3, -0.25) is 0 Å². The molecule has 1 atom stereocenters. The summed E-state index contributed by atoms with van der Waals surface area (Å²) in [7, 11) is 0. The maximum atomic E-state index is 13.5. The Balaban J connectivity index is 2.89. The molecule has 0 aliphatic carbocycles. The third kappa shape index (κ3) is 3.85. The fraction of sp³-hybridized carbons (Fsp3) is 0.455. The Morgan fingerprint density at radius 3 is 2.47 bits per heavy atom. The minimum atomic E-state index is -4.30. The maximum Gasteiger partial charge on any atom is 0.389 e. The molecule has 96 valence electrons. The molecule has 0 aliphatic rings. The Hall–Kier alpha value is -0.810. The lowest BCUT2D eigenvalue weighted by Crippen LogP contribution is -2.17. The summed E-state index contributed by atoms with van der Waals surface area (Å²) < 4.78 is 49.5. The Labute approximate surface area is 102 Å². The van der Waals surface area contributed by atoms with Gasteiger partial charge in [0, 0.05) is 18.0 Å². The number of aryl methyl sites for hydroxylation is 1. The normalized spacial score (nSPS) is 13.8. The number of hydrogen-bond acceptors (Lipinski definition) is 1. The molecule has 1 aromatic carbocycles. The van der Waals surface area contributed by atoms with Gasteiger partial charge in [0.05, 0.1) is 5.02 Å². The molecule has 2 N–H and O–H groups in total. The van der Waals surface area contributed by atoms with Crippen LogP contribution in [0.2, 0.25) is 5.02 Å². The van der Waals surface area contributed by atoms with E-state index in [1.165, 1.54) is 6.07 Å². The molecular weight excluding hydrogens is 258 g/mol. The molecule has 6 heteroatoms. The smallest absolute Gasteiger partial charge is 0.324 e. The molecule has 0 saturated heterocycles. The molecule has 0 aromatic heterocycles. The minimum Gasteiger partial charge on any atom is -0.324 e. The van der Waals surface area contributed by atoms with E-state index in [0.29, 0.717) is 5.56 Å². The van der Waals surface area contributed by atoms with Crippen LogP contribution in [-0.2, 0) is 0 Å². The molecule has 1 nitrogen and oxygen atoms in total. The van der Waals surface area contributed by atoms with E-state index in [9.17, 15) is 17.6 Å². The van der Waals surface area contributed by atoms with Crippen molar-refractivity contribution in [3.8, 4) is 0 Å². The standard InChI is InChI=1S/C11H12ClF4N/c1-6-2-3-7(13)9(10(6)12)8(17)4-5-11(14,15)16/h2-3,8H,4-5,17H2,1H3/t8-/m0/s1. The lowest BCUT2D eigenvalue weighted by molar-refractivity contribution is -0.136. The van der Waals surface area contributed by atoms with E-state index in [4.69, 9.17) is 17.3 Å². The van der Waals surface area contributed by atoms with Crippen LogP contribution in [0.4, 0.5) is 17.6 Å². The zero-order chi connectivity index (χ0) is 13.2. The number of hydrogen-bond donors (Lipinski definition) is 1. The predicted molar refractivity (Wildman–Crippen MR) is 58.4 cm³/mol. The maximum absolute atomic E-state index is 13.5. The van der Waals surface area contributed by atoms with E-state index >= 15 is 0 Å². The van der Waals surface area contributed by atoms with Crippen molar-refractivity contribution in [3.63, 3.8) is 0 Å². The molecule has 1 rings (SSSR count). The highest BCUT2D eigenvalue weighted by Gasteiger charge is 2.29. The second kappa shape index (κ2) is 5.23. The molecule has 0 fully saturated rings. The monoisotopic (exact) mass is 269 g/mol. The summed E-state index contributed by atoms with van der Waals surface area (Å²) in [6.07, 6.45) is -5.74. The molecule has 0 amide bonds. The van der Waals surface area contributed by atoms with Gasteiger partial charge >= 0.3 is 6.18 Å². The van der Waals surface area contributed by atoms with Crippen LogP contribution < -0.4 is 5.73 Å². The lowest BCUT2D eigenvalue weighted by Gasteiger charge is -2.16. The van der Waals surface area contributed by atoms with Crippen molar-refractivity contribution in [2.24, 2.45) is 5.73 Å². The summed E-state index contributed by atoms with van der Waals surface area (Å²) >= 11 is 5.84. The fourth-order valence-corrected chi connectivity index (χ4v) is 1.78. The topological polar surface area (TPSA) is 26.0 Å². The Morgan fingerprint density at radius 1 is 1.35 bits per heavy atom. The number of alkyl halides is 3. The summed E-state index contributed by atoms with van der Waals surface area (Å²) in [5.74, 6) is -0.671. The Kier molecular flexibility index (Phi) is 4.38. The Bertz CT molecular complexity index is 403. The third-order valence-electron chi connectivity index (χ3n) is 2.43. The molecule has 0 aliphatic heterocycles. The SMILES string of the molecule is Cc1ccc(F)c([C@@H](N)CCC(F)(F)F)c1Cl. The van der Waals surface area contributed by atoms with Crippen LogP contribution in [0.1, 0.15) is 30.0 Å². The van der Waals surface area contributed by atoms with Crippen LogP contribution in [0.15, 0.2) is 12.1 Å². The van der Waals surface area contributed by atoms with E-state index < -0.39 is 24.5 Å². The molecule has 0 unspecified atom stereocenters. The van der Waals surface area contributed by atoms with E-state index in [1.807, 2.05) is 0 Å². The molecular formula is C11H12ClF4N. The molecule has 0 heterocycles. The van der Waals surface area contributed by atoms with Gasteiger partial charge in [0.25, 0.3) is 0 Å². The molecule has 17 heavy (non-hydrogen) atoms. The van der Waals surface area contributed by atoms with Crippen LogP contribution in [0.3, 0.4) is 0 Å². The van der Waals surface area contributed by atoms with Crippen molar-refractivity contribution in [1.29, 1.82) is 0 Å². The van der Waals surface area contributed by atoms with Crippen molar-refractivity contribution in [2.75, 3.05) is 0 Å². The number of halogens is 5. The van der Waals surface area contributed by atoms with Crippen molar-refractivity contribution >= 4 is 11.6 Å². The van der Waals surface area contributed by atoms with E-state index in [-0.39, 0.29) is 17.0 Å². The molecule has 0 saturated carbocycles. The lowest BCUT2D eigenvalue weighted by atomic mass is 10.00. The minimum absolute atomic E-state index is 0.0454. The van der Waals surface area contributed by atoms with Crippen molar-refractivity contribution < 1.29 is 17.6 Å². The fourth-order valence-electron chi connectivity index (χ4n) is 1.48. The number of benzene rings is 1. The summed E-state index contributed by atoms with van der Waals surface area (Å²) in [6, 6.07) is 1.56. The first-order chi connectivity index (χ1) is 7.72. The van der Waals surface area contributed by atoms with Gasteiger partial charge in [0.2, 0.25) is 0 Å². The van der Waals surface area contributed by atoms with E-state index in [2.05, 4.69) is 0 Å². The van der Waals surface area contributed by atoms with Crippen LogP contribution in [-0.4, -0.2) is 6.18 Å². The first-order valence-electron chi connectivity index (χ1n) is 4.99. The van der Waals surface area contributed by atoms with Crippen LogP contribution in [0.5, 0.6) is 0 Å². The van der Waals surface area contributed by atoms with Gasteiger partial charge in [-0.1, -0.05) is 17.7 Å². The van der Waals surface area contributed by atoms with Crippen molar-refractivity contribution in [1.82, 2.24) is 0 Å². The zero-order valence-electron chi connectivity index (χ0n) is 9.11.